The molecule has 2 heterocycles. The zero-order valence-electron chi connectivity index (χ0n) is 11.9. The molecule has 0 amide bonds. The normalized spacial score (nSPS) is 38.9. The van der Waals surface area contributed by atoms with Crippen molar-refractivity contribution in [3.63, 3.8) is 0 Å². The summed E-state index contributed by atoms with van der Waals surface area (Å²) in [6.45, 7) is 4.39. The third-order valence-electron chi connectivity index (χ3n) is 5.52. The van der Waals surface area contributed by atoms with Crippen molar-refractivity contribution in [2.75, 3.05) is 19.7 Å². The van der Waals surface area contributed by atoms with E-state index in [1.165, 1.54) is 25.7 Å². The maximum Gasteiger partial charge on any atom is 0.310 e. The van der Waals surface area contributed by atoms with Gasteiger partial charge in [-0.2, -0.15) is 0 Å². The summed E-state index contributed by atoms with van der Waals surface area (Å²) < 4.78 is 6.07. The number of aliphatic carboxylic acids is 1. The van der Waals surface area contributed by atoms with Crippen molar-refractivity contribution in [1.82, 2.24) is 4.90 Å². The summed E-state index contributed by atoms with van der Waals surface area (Å²) in [5.41, 5.74) is -0.410. The molecule has 3 rings (SSSR count). The molecule has 1 spiro atoms. The molecule has 108 valence electrons. The zero-order chi connectivity index (χ0) is 13.5. The van der Waals surface area contributed by atoms with Gasteiger partial charge < -0.3 is 9.84 Å². The highest BCUT2D eigenvalue weighted by molar-refractivity contribution is 5.74. The maximum absolute atomic E-state index is 11.4. The second-order valence-electron chi connectivity index (χ2n) is 6.97. The van der Waals surface area contributed by atoms with Gasteiger partial charge in [0.15, 0.2) is 0 Å². The molecular formula is C15H25NO3. The molecule has 3 fully saturated rings. The standard InChI is InChI=1S/C15H25NO3/c1-14(13(17)18)7-8-16(11-14)12-4-9-19-15(10-12)5-2-3-6-15/h12H,2-11H2,1H3,(H,17,18). The van der Waals surface area contributed by atoms with Crippen LogP contribution in [0.4, 0.5) is 0 Å². The summed E-state index contributed by atoms with van der Waals surface area (Å²) in [6, 6.07) is 0.535. The van der Waals surface area contributed by atoms with E-state index in [9.17, 15) is 9.90 Å². The Morgan fingerprint density at radius 2 is 2.05 bits per heavy atom. The van der Waals surface area contributed by atoms with E-state index >= 15 is 0 Å². The average Bonchev–Trinajstić information content (AvgIpc) is 2.98. The molecule has 2 aliphatic heterocycles. The number of nitrogens with zero attached hydrogens (tertiary/aromatic N) is 1. The monoisotopic (exact) mass is 267 g/mol. The molecular weight excluding hydrogens is 242 g/mol. The minimum absolute atomic E-state index is 0.130. The first-order chi connectivity index (χ1) is 9.03. The summed E-state index contributed by atoms with van der Waals surface area (Å²) in [4.78, 5) is 13.8. The first kappa shape index (κ1) is 13.4. The van der Waals surface area contributed by atoms with Gasteiger partial charge in [0.05, 0.1) is 11.0 Å². The van der Waals surface area contributed by atoms with E-state index in [2.05, 4.69) is 4.90 Å². The average molecular weight is 267 g/mol. The zero-order valence-corrected chi connectivity index (χ0v) is 11.9. The van der Waals surface area contributed by atoms with E-state index in [-0.39, 0.29) is 5.60 Å². The molecule has 1 N–H and O–H groups in total. The van der Waals surface area contributed by atoms with Crippen molar-refractivity contribution in [3.8, 4) is 0 Å². The Balaban J connectivity index is 1.65. The number of carbonyl (C=O) groups is 1. The summed E-state index contributed by atoms with van der Waals surface area (Å²) in [5, 5.41) is 9.34. The van der Waals surface area contributed by atoms with Crippen LogP contribution in [-0.2, 0) is 9.53 Å². The van der Waals surface area contributed by atoms with Crippen LogP contribution in [0.1, 0.15) is 51.9 Å². The van der Waals surface area contributed by atoms with Crippen LogP contribution in [0.2, 0.25) is 0 Å². The molecule has 0 bridgehead atoms. The minimum atomic E-state index is -0.641. The van der Waals surface area contributed by atoms with Crippen LogP contribution in [0, 0.1) is 5.41 Å². The van der Waals surface area contributed by atoms with Gasteiger partial charge in [-0.15, -0.1) is 0 Å². The third-order valence-corrected chi connectivity index (χ3v) is 5.52. The second kappa shape index (κ2) is 4.74. The van der Waals surface area contributed by atoms with E-state index in [0.717, 1.165) is 32.4 Å². The molecule has 0 aromatic heterocycles. The van der Waals surface area contributed by atoms with Crippen molar-refractivity contribution in [2.45, 2.75) is 63.5 Å². The minimum Gasteiger partial charge on any atom is -0.481 e. The van der Waals surface area contributed by atoms with Crippen molar-refractivity contribution in [2.24, 2.45) is 5.41 Å². The van der Waals surface area contributed by atoms with E-state index < -0.39 is 11.4 Å². The molecule has 2 saturated heterocycles. The van der Waals surface area contributed by atoms with Gasteiger partial charge in [-0.3, -0.25) is 9.69 Å². The second-order valence-corrected chi connectivity index (χ2v) is 6.97. The molecule has 0 aromatic carbocycles. The summed E-state index contributed by atoms with van der Waals surface area (Å²) in [5.74, 6) is -0.641. The summed E-state index contributed by atoms with van der Waals surface area (Å²) in [7, 11) is 0. The van der Waals surface area contributed by atoms with Gasteiger partial charge in [-0.05, 0) is 45.6 Å². The molecule has 19 heavy (non-hydrogen) atoms. The van der Waals surface area contributed by atoms with Crippen LogP contribution < -0.4 is 0 Å². The first-order valence-corrected chi connectivity index (χ1v) is 7.65. The highest BCUT2D eigenvalue weighted by Gasteiger charge is 2.46. The predicted octanol–water partition coefficient (Wildman–Crippen LogP) is 2.27. The van der Waals surface area contributed by atoms with Gasteiger partial charge in [0.2, 0.25) is 0 Å². The molecule has 0 aromatic rings. The molecule has 1 aliphatic carbocycles. The van der Waals surface area contributed by atoms with Crippen molar-refractivity contribution in [1.29, 1.82) is 0 Å². The molecule has 2 unspecified atom stereocenters. The lowest BCUT2D eigenvalue weighted by Gasteiger charge is -2.42. The Bertz CT molecular complexity index is 364. The van der Waals surface area contributed by atoms with Gasteiger partial charge >= 0.3 is 5.97 Å². The maximum atomic E-state index is 11.4. The fourth-order valence-electron chi connectivity index (χ4n) is 4.16. The lowest BCUT2D eigenvalue weighted by atomic mass is 9.87. The number of carboxylic acids is 1. The fourth-order valence-corrected chi connectivity index (χ4v) is 4.16. The Kier molecular flexibility index (Phi) is 3.34. The first-order valence-electron chi connectivity index (χ1n) is 7.65. The highest BCUT2D eigenvalue weighted by Crippen LogP contribution is 2.43. The Morgan fingerprint density at radius 3 is 2.68 bits per heavy atom. The molecule has 4 heteroatoms. The highest BCUT2D eigenvalue weighted by atomic mass is 16.5. The van der Waals surface area contributed by atoms with E-state index in [0.29, 0.717) is 12.6 Å². The lowest BCUT2D eigenvalue weighted by molar-refractivity contribution is -0.147. The molecule has 0 radical (unpaired) electrons. The van der Waals surface area contributed by atoms with Crippen molar-refractivity contribution < 1.29 is 14.6 Å². The van der Waals surface area contributed by atoms with Crippen molar-refractivity contribution in [3.05, 3.63) is 0 Å². The quantitative estimate of drug-likeness (QED) is 0.834. The Labute approximate surface area is 115 Å². The third kappa shape index (κ3) is 2.40. The van der Waals surface area contributed by atoms with Gasteiger partial charge in [0.1, 0.15) is 0 Å². The summed E-state index contributed by atoms with van der Waals surface area (Å²) >= 11 is 0. The number of ether oxygens (including phenoxy) is 1. The van der Waals surface area contributed by atoms with Gasteiger partial charge in [-0.1, -0.05) is 12.8 Å². The predicted molar refractivity (Wildman–Crippen MR) is 72.1 cm³/mol. The molecule has 1 saturated carbocycles. The topological polar surface area (TPSA) is 49.8 Å². The van der Waals surface area contributed by atoms with Gasteiger partial charge in [0.25, 0.3) is 0 Å². The van der Waals surface area contributed by atoms with Crippen LogP contribution in [0.25, 0.3) is 0 Å². The Morgan fingerprint density at radius 1 is 1.32 bits per heavy atom. The van der Waals surface area contributed by atoms with Gasteiger partial charge in [0, 0.05) is 19.2 Å². The van der Waals surface area contributed by atoms with Crippen LogP contribution >= 0.6 is 0 Å². The van der Waals surface area contributed by atoms with Crippen LogP contribution in [0.5, 0.6) is 0 Å². The van der Waals surface area contributed by atoms with E-state index in [1.54, 1.807) is 0 Å². The van der Waals surface area contributed by atoms with E-state index in [4.69, 9.17) is 4.74 Å². The molecule has 4 nitrogen and oxygen atoms in total. The van der Waals surface area contributed by atoms with Crippen LogP contribution in [-0.4, -0.2) is 47.3 Å². The fraction of sp³-hybridized carbons (Fsp3) is 0.933. The van der Waals surface area contributed by atoms with Gasteiger partial charge in [-0.25, -0.2) is 0 Å². The van der Waals surface area contributed by atoms with Crippen LogP contribution in [0.3, 0.4) is 0 Å². The Hall–Kier alpha value is -0.610. The van der Waals surface area contributed by atoms with E-state index in [1.807, 2.05) is 6.92 Å². The molecule has 3 aliphatic rings. The largest absolute Gasteiger partial charge is 0.481 e. The number of carboxylic acid groups (broad SMARTS) is 1. The number of hydrogen-bond donors (Lipinski definition) is 1. The smallest absolute Gasteiger partial charge is 0.310 e. The SMILES string of the molecule is CC1(C(=O)O)CCN(C2CCOC3(CCCC3)C2)C1. The number of hydrogen-bond acceptors (Lipinski definition) is 3. The number of likely N-dealkylation sites (tertiary alicyclic amines) is 1. The lowest BCUT2D eigenvalue weighted by Crippen LogP contribution is -2.47. The van der Waals surface area contributed by atoms with Crippen molar-refractivity contribution >= 4 is 5.97 Å². The summed E-state index contributed by atoms with van der Waals surface area (Å²) in [6.07, 6.45) is 7.95. The molecule has 2 atom stereocenters. The van der Waals surface area contributed by atoms with Crippen LogP contribution in [0.15, 0.2) is 0 Å². The number of rotatable bonds is 2.